The largest absolute Gasteiger partial charge is 0.350 e. The molecule has 2 aromatic heterocycles. The Morgan fingerprint density at radius 2 is 2.00 bits per heavy atom. The molecule has 0 fully saturated rings. The molecule has 124 valence electrons. The van der Waals surface area contributed by atoms with Crippen LogP contribution in [0.15, 0.2) is 47.8 Å². The number of benzene rings is 1. The first-order valence-electron chi connectivity index (χ1n) is 7.32. The molecule has 0 atom stereocenters. The fraction of sp³-hybridized carbons (Fsp3) is 0.176. The maximum absolute atomic E-state index is 13.2. The molecule has 3 rings (SSSR count). The molecule has 0 saturated heterocycles. The normalized spacial score (nSPS) is 11.0. The number of hydrogen-bond donors (Lipinski definition) is 1. The van der Waals surface area contributed by atoms with E-state index in [0.717, 1.165) is 16.7 Å². The van der Waals surface area contributed by atoms with Crippen LogP contribution in [0.5, 0.6) is 0 Å². The summed E-state index contributed by atoms with van der Waals surface area (Å²) in [7, 11) is 0. The molecule has 1 aromatic carbocycles. The number of pyridine rings is 1. The number of hydrogen-bond acceptors (Lipinski definition) is 3. The zero-order chi connectivity index (χ0) is 17.1. The predicted molar refractivity (Wildman–Crippen MR) is 89.4 cm³/mol. The highest BCUT2D eigenvalue weighted by Crippen LogP contribution is 2.19. The third kappa shape index (κ3) is 3.41. The number of nitrogens with one attached hydrogen (secondary N) is 1. The van der Waals surface area contributed by atoms with Crippen LogP contribution in [0.1, 0.15) is 16.1 Å². The highest BCUT2D eigenvalue weighted by molar-refractivity contribution is 7.98. The Balaban J connectivity index is 1.71. The van der Waals surface area contributed by atoms with E-state index in [4.69, 9.17) is 0 Å². The van der Waals surface area contributed by atoms with Gasteiger partial charge in [0.25, 0.3) is 5.91 Å². The molecule has 0 aliphatic rings. The lowest BCUT2D eigenvalue weighted by Gasteiger charge is -2.05. The van der Waals surface area contributed by atoms with Crippen LogP contribution in [-0.2, 0) is 6.42 Å². The summed E-state index contributed by atoms with van der Waals surface area (Å²) in [6, 6.07) is 8.87. The second kappa shape index (κ2) is 7.00. The molecule has 0 unspecified atom stereocenters. The zero-order valence-corrected chi connectivity index (χ0v) is 13.7. The number of halogens is 2. The maximum Gasteiger partial charge on any atom is 0.272 e. The Labute approximate surface area is 141 Å². The standard InChI is InChI=1S/C17H15F2N3OS/c1-24-17-21-15(14-4-2-3-7-22(14)17)16(23)20-6-5-11-8-12(18)10-13(19)9-11/h2-4,7-10H,5-6H2,1H3,(H,20,23). The molecule has 2 heterocycles. The minimum absolute atomic E-state index is 0.266. The van der Waals surface area contributed by atoms with Gasteiger partial charge in [0.2, 0.25) is 0 Å². The van der Waals surface area contributed by atoms with Crippen LogP contribution >= 0.6 is 11.8 Å². The number of imidazole rings is 1. The van der Waals surface area contributed by atoms with Crippen LogP contribution in [0.4, 0.5) is 8.78 Å². The summed E-state index contributed by atoms with van der Waals surface area (Å²) in [5.41, 5.74) is 1.55. The molecule has 0 aliphatic carbocycles. The molecule has 1 N–H and O–H groups in total. The summed E-state index contributed by atoms with van der Waals surface area (Å²) >= 11 is 1.45. The van der Waals surface area contributed by atoms with Gasteiger partial charge < -0.3 is 5.32 Å². The topological polar surface area (TPSA) is 46.4 Å². The quantitative estimate of drug-likeness (QED) is 0.721. The third-order valence-electron chi connectivity index (χ3n) is 3.54. The van der Waals surface area contributed by atoms with E-state index in [-0.39, 0.29) is 12.5 Å². The van der Waals surface area contributed by atoms with E-state index >= 15 is 0 Å². The van der Waals surface area contributed by atoms with Crippen LogP contribution < -0.4 is 5.32 Å². The van der Waals surface area contributed by atoms with E-state index in [1.807, 2.05) is 35.1 Å². The zero-order valence-electron chi connectivity index (χ0n) is 12.9. The molecule has 1 amide bonds. The number of rotatable bonds is 5. The van der Waals surface area contributed by atoms with Crippen molar-refractivity contribution in [3.8, 4) is 0 Å². The van der Waals surface area contributed by atoms with Crippen molar-refractivity contribution in [1.82, 2.24) is 14.7 Å². The van der Waals surface area contributed by atoms with Gasteiger partial charge in [-0.3, -0.25) is 9.20 Å². The molecule has 0 bridgehead atoms. The molecule has 3 aromatic rings. The molecule has 0 radical (unpaired) electrons. The molecule has 0 saturated carbocycles. The number of fused-ring (bicyclic) bond motifs is 1. The van der Waals surface area contributed by atoms with Gasteiger partial charge in [0.15, 0.2) is 10.9 Å². The number of carbonyl (C=O) groups is 1. The minimum atomic E-state index is -0.624. The van der Waals surface area contributed by atoms with Gasteiger partial charge in [-0.05, 0) is 42.5 Å². The fourth-order valence-electron chi connectivity index (χ4n) is 2.48. The lowest BCUT2D eigenvalue weighted by atomic mass is 10.1. The number of thioether (sulfide) groups is 1. The first kappa shape index (κ1) is 16.4. The fourth-order valence-corrected chi connectivity index (χ4v) is 3.02. The van der Waals surface area contributed by atoms with Crippen molar-refractivity contribution < 1.29 is 13.6 Å². The summed E-state index contributed by atoms with van der Waals surface area (Å²) in [6.07, 6.45) is 4.07. The summed E-state index contributed by atoms with van der Waals surface area (Å²) in [5, 5.41) is 3.47. The predicted octanol–water partition coefficient (Wildman–Crippen LogP) is 3.31. The highest BCUT2D eigenvalue weighted by Gasteiger charge is 2.16. The Morgan fingerprint density at radius 1 is 1.25 bits per heavy atom. The monoisotopic (exact) mass is 347 g/mol. The summed E-state index contributed by atoms with van der Waals surface area (Å²) in [5.74, 6) is -1.56. The molecule has 7 heteroatoms. The minimum Gasteiger partial charge on any atom is -0.350 e. The van der Waals surface area contributed by atoms with Gasteiger partial charge in [-0.1, -0.05) is 17.8 Å². The van der Waals surface area contributed by atoms with E-state index in [1.165, 1.54) is 23.9 Å². The third-order valence-corrected chi connectivity index (χ3v) is 4.19. The Morgan fingerprint density at radius 3 is 2.71 bits per heavy atom. The van der Waals surface area contributed by atoms with E-state index in [2.05, 4.69) is 10.3 Å². The van der Waals surface area contributed by atoms with Crippen molar-refractivity contribution >= 4 is 23.2 Å². The second-order valence-corrected chi connectivity index (χ2v) is 5.96. The summed E-state index contributed by atoms with van der Waals surface area (Å²) in [6.45, 7) is 0.266. The molecule has 24 heavy (non-hydrogen) atoms. The SMILES string of the molecule is CSc1nc(C(=O)NCCc2cc(F)cc(F)c2)c2ccccn12. The van der Waals surface area contributed by atoms with E-state index < -0.39 is 11.6 Å². The molecular weight excluding hydrogens is 332 g/mol. The van der Waals surface area contributed by atoms with Gasteiger partial charge in [0.1, 0.15) is 11.6 Å². The van der Waals surface area contributed by atoms with Gasteiger partial charge in [-0.25, -0.2) is 13.8 Å². The average molecular weight is 347 g/mol. The number of nitrogens with zero attached hydrogens (tertiary/aromatic N) is 2. The van der Waals surface area contributed by atoms with Gasteiger partial charge in [-0.15, -0.1) is 0 Å². The highest BCUT2D eigenvalue weighted by atomic mass is 32.2. The van der Waals surface area contributed by atoms with Crippen LogP contribution in [0.3, 0.4) is 0 Å². The lowest BCUT2D eigenvalue weighted by Crippen LogP contribution is -2.26. The molecule has 0 aliphatic heterocycles. The Hall–Kier alpha value is -2.41. The lowest BCUT2D eigenvalue weighted by molar-refractivity contribution is 0.0951. The Bertz CT molecular complexity index is 874. The van der Waals surface area contributed by atoms with Gasteiger partial charge >= 0.3 is 0 Å². The second-order valence-electron chi connectivity index (χ2n) is 5.19. The smallest absolute Gasteiger partial charge is 0.272 e. The van der Waals surface area contributed by atoms with Crippen LogP contribution in [0.25, 0.3) is 5.52 Å². The Kier molecular flexibility index (Phi) is 4.80. The van der Waals surface area contributed by atoms with Crippen molar-refractivity contribution in [2.45, 2.75) is 11.6 Å². The first-order valence-corrected chi connectivity index (χ1v) is 8.55. The molecule has 0 spiro atoms. The first-order chi connectivity index (χ1) is 11.6. The van der Waals surface area contributed by atoms with Crippen LogP contribution in [-0.4, -0.2) is 28.1 Å². The maximum atomic E-state index is 13.2. The van der Waals surface area contributed by atoms with Crippen molar-refractivity contribution in [3.05, 3.63) is 65.5 Å². The van der Waals surface area contributed by atoms with Crippen molar-refractivity contribution in [2.75, 3.05) is 12.8 Å². The molecular formula is C17H15F2N3OS. The van der Waals surface area contributed by atoms with Crippen molar-refractivity contribution in [1.29, 1.82) is 0 Å². The molecule has 4 nitrogen and oxygen atoms in total. The van der Waals surface area contributed by atoms with Crippen molar-refractivity contribution in [3.63, 3.8) is 0 Å². The van der Waals surface area contributed by atoms with Gasteiger partial charge in [-0.2, -0.15) is 0 Å². The van der Waals surface area contributed by atoms with E-state index in [1.54, 1.807) is 0 Å². The van der Waals surface area contributed by atoms with E-state index in [9.17, 15) is 13.6 Å². The van der Waals surface area contributed by atoms with Gasteiger partial charge in [0, 0.05) is 18.8 Å². The number of carbonyl (C=O) groups excluding carboxylic acids is 1. The van der Waals surface area contributed by atoms with Crippen molar-refractivity contribution in [2.24, 2.45) is 0 Å². The number of amides is 1. The average Bonchev–Trinajstić information content (AvgIpc) is 2.93. The van der Waals surface area contributed by atoms with E-state index in [0.29, 0.717) is 17.7 Å². The van der Waals surface area contributed by atoms with Crippen LogP contribution in [0.2, 0.25) is 0 Å². The van der Waals surface area contributed by atoms with Gasteiger partial charge in [0.05, 0.1) is 5.52 Å². The summed E-state index contributed by atoms with van der Waals surface area (Å²) < 4.78 is 28.2. The summed E-state index contributed by atoms with van der Waals surface area (Å²) in [4.78, 5) is 16.7. The number of aromatic nitrogens is 2. The van der Waals surface area contributed by atoms with Crippen LogP contribution in [0, 0.1) is 11.6 Å².